The van der Waals surface area contributed by atoms with Gasteiger partial charge in [0.1, 0.15) is 24.1 Å². The van der Waals surface area contributed by atoms with Crippen LogP contribution in [0.1, 0.15) is 23.2 Å². The number of fused-ring (bicyclic) bond motifs is 1. The van der Waals surface area contributed by atoms with Gasteiger partial charge in [0.15, 0.2) is 5.65 Å². The molecule has 1 amide bonds. The van der Waals surface area contributed by atoms with Crippen LogP contribution in [0.25, 0.3) is 27.8 Å². The minimum atomic E-state index is -1.18. The van der Waals surface area contributed by atoms with Gasteiger partial charge in [-0.2, -0.15) is 15.5 Å². The first-order valence-corrected chi connectivity index (χ1v) is 13.0. The molecule has 0 unspecified atom stereocenters. The number of halogens is 1. The van der Waals surface area contributed by atoms with E-state index in [9.17, 15) is 19.1 Å². The molecule has 12 heteroatoms. The lowest BCUT2D eigenvalue weighted by Gasteiger charge is -2.38. The van der Waals surface area contributed by atoms with Gasteiger partial charge in [-0.3, -0.25) is 18.8 Å². The van der Waals surface area contributed by atoms with Crippen molar-refractivity contribution >= 4 is 16.9 Å². The van der Waals surface area contributed by atoms with Gasteiger partial charge in [-0.15, -0.1) is 0 Å². The molecule has 41 heavy (non-hydrogen) atoms. The third-order valence-electron chi connectivity index (χ3n) is 7.40. The Kier molecular flexibility index (Phi) is 6.64. The lowest BCUT2D eigenvalue weighted by atomic mass is 9.90. The van der Waals surface area contributed by atoms with Crippen LogP contribution >= 0.6 is 0 Å². The number of likely N-dealkylation sites (tertiary alicyclic amines) is 1. The molecule has 206 valence electrons. The van der Waals surface area contributed by atoms with Crippen LogP contribution in [0.2, 0.25) is 0 Å². The minimum absolute atomic E-state index is 0.0344. The average Bonchev–Trinajstić information content (AvgIpc) is 3.63. The summed E-state index contributed by atoms with van der Waals surface area (Å²) in [5, 5.41) is 28.8. The highest BCUT2D eigenvalue weighted by Crippen LogP contribution is 2.26. The molecule has 1 N–H and O–H groups in total. The Hall–Kier alpha value is -5.15. The molecule has 1 aliphatic heterocycles. The van der Waals surface area contributed by atoms with E-state index in [4.69, 9.17) is 5.26 Å². The molecule has 5 aromatic rings. The first kappa shape index (κ1) is 26.1. The van der Waals surface area contributed by atoms with E-state index in [0.29, 0.717) is 42.8 Å². The van der Waals surface area contributed by atoms with Gasteiger partial charge in [0, 0.05) is 30.4 Å². The van der Waals surface area contributed by atoms with E-state index in [1.165, 1.54) is 33.9 Å². The summed E-state index contributed by atoms with van der Waals surface area (Å²) in [5.41, 5.74) is 1.67. The number of nitrogens with zero attached hydrogens (tertiary/aromatic N) is 8. The Morgan fingerprint density at radius 1 is 1.02 bits per heavy atom. The molecule has 11 nitrogen and oxygen atoms in total. The molecular formula is C29H25FN8O3. The van der Waals surface area contributed by atoms with E-state index in [2.05, 4.69) is 15.2 Å². The number of benzene rings is 2. The molecule has 1 aliphatic rings. The standard InChI is InChI=1S/C29H25FN8O3/c30-23-5-7-24(8-6-23)38-26-25(16-34-38)28(40)36(19-32-26)18-29(41)9-12-35(13-10-29)27(39)21-3-1-20(2-4-21)22-15-33-37(17-22)14-11-31/h1-8,15-17,19,41H,9-10,12-14,18H2. The van der Waals surface area contributed by atoms with Gasteiger partial charge in [-0.1, -0.05) is 12.1 Å². The number of aromatic nitrogens is 6. The quantitative estimate of drug-likeness (QED) is 0.342. The van der Waals surface area contributed by atoms with E-state index in [1.54, 1.807) is 46.2 Å². The Balaban J connectivity index is 1.11. The number of carbonyl (C=O) groups excluding carboxylic acids is 1. The topological polar surface area (TPSA) is 135 Å². The van der Waals surface area contributed by atoms with E-state index in [-0.39, 0.29) is 35.8 Å². The van der Waals surface area contributed by atoms with Crippen LogP contribution in [0.4, 0.5) is 4.39 Å². The number of hydrogen-bond acceptors (Lipinski definition) is 7. The van der Waals surface area contributed by atoms with Crippen molar-refractivity contribution in [1.29, 1.82) is 5.26 Å². The Morgan fingerprint density at radius 2 is 1.76 bits per heavy atom. The van der Waals surface area contributed by atoms with Crippen molar-refractivity contribution in [2.75, 3.05) is 13.1 Å². The van der Waals surface area contributed by atoms with Crippen molar-refractivity contribution in [3.05, 3.63) is 95.2 Å². The molecule has 0 radical (unpaired) electrons. The summed E-state index contributed by atoms with van der Waals surface area (Å²) in [6.07, 6.45) is 6.85. The summed E-state index contributed by atoms with van der Waals surface area (Å²) in [6, 6.07) is 15.0. The first-order valence-electron chi connectivity index (χ1n) is 13.0. The third-order valence-corrected chi connectivity index (χ3v) is 7.40. The van der Waals surface area contributed by atoms with Gasteiger partial charge >= 0.3 is 0 Å². The van der Waals surface area contributed by atoms with Crippen LogP contribution in [0.3, 0.4) is 0 Å². The molecule has 0 atom stereocenters. The van der Waals surface area contributed by atoms with Crippen LogP contribution < -0.4 is 5.56 Å². The summed E-state index contributed by atoms with van der Waals surface area (Å²) in [6.45, 7) is 0.877. The number of hydrogen-bond donors (Lipinski definition) is 1. The molecule has 0 aliphatic carbocycles. The highest BCUT2D eigenvalue weighted by Gasteiger charge is 2.35. The fourth-order valence-corrected chi connectivity index (χ4v) is 5.09. The van der Waals surface area contributed by atoms with Crippen molar-refractivity contribution in [1.82, 2.24) is 34.0 Å². The number of nitriles is 1. The molecule has 6 rings (SSSR count). The first-order chi connectivity index (χ1) is 19.8. The number of aliphatic hydroxyl groups is 1. The molecular weight excluding hydrogens is 527 g/mol. The summed E-state index contributed by atoms with van der Waals surface area (Å²) >= 11 is 0. The highest BCUT2D eigenvalue weighted by atomic mass is 19.1. The number of piperidine rings is 1. The Morgan fingerprint density at radius 3 is 2.46 bits per heavy atom. The molecule has 3 aromatic heterocycles. The fourth-order valence-electron chi connectivity index (χ4n) is 5.09. The van der Waals surface area contributed by atoms with Gasteiger partial charge in [0.2, 0.25) is 0 Å². The van der Waals surface area contributed by atoms with Gasteiger partial charge in [-0.05, 0) is 54.8 Å². The van der Waals surface area contributed by atoms with Gasteiger partial charge in [0.05, 0.1) is 36.3 Å². The predicted octanol–water partition coefficient (Wildman–Crippen LogP) is 2.78. The lowest BCUT2D eigenvalue weighted by Crippen LogP contribution is -2.49. The fraction of sp³-hybridized carbons (Fsp3) is 0.241. The number of carbonyl (C=O) groups is 1. The maximum atomic E-state index is 13.3. The SMILES string of the molecule is N#CCn1cc(-c2ccc(C(=O)N3CCC(O)(Cn4cnc5c(cnn5-c5ccc(F)cc5)c4=O)CC3)cc2)cn1. The van der Waals surface area contributed by atoms with E-state index in [0.717, 1.165) is 11.1 Å². The molecule has 0 spiro atoms. The van der Waals surface area contributed by atoms with Crippen molar-refractivity contribution < 1.29 is 14.3 Å². The van der Waals surface area contributed by atoms with Crippen LogP contribution in [-0.2, 0) is 13.1 Å². The molecule has 1 saturated heterocycles. The second kappa shape index (κ2) is 10.4. The zero-order chi connectivity index (χ0) is 28.6. The second-order valence-corrected chi connectivity index (χ2v) is 10.1. The van der Waals surface area contributed by atoms with E-state index < -0.39 is 5.60 Å². The van der Waals surface area contributed by atoms with Crippen molar-refractivity contribution in [2.24, 2.45) is 0 Å². The maximum Gasteiger partial charge on any atom is 0.264 e. The normalized spacial score (nSPS) is 14.7. The van der Waals surface area contributed by atoms with Crippen molar-refractivity contribution in [3.8, 4) is 22.9 Å². The molecule has 2 aromatic carbocycles. The molecule has 0 bridgehead atoms. The van der Waals surface area contributed by atoms with Gasteiger partial charge in [-0.25, -0.2) is 14.1 Å². The second-order valence-electron chi connectivity index (χ2n) is 10.1. The predicted molar refractivity (Wildman–Crippen MR) is 146 cm³/mol. The maximum absolute atomic E-state index is 13.3. The van der Waals surface area contributed by atoms with Gasteiger partial charge < -0.3 is 10.0 Å². The van der Waals surface area contributed by atoms with E-state index >= 15 is 0 Å². The number of amides is 1. The highest BCUT2D eigenvalue weighted by molar-refractivity contribution is 5.94. The minimum Gasteiger partial charge on any atom is -0.388 e. The smallest absolute Gasteiger partial charge is 0.264 e. The van der Waals surface area contributed by atoms with Crippen molar-refractivity contribution in [3.63, 3.8) is 0 Å². The van der Waals surface area contributed by atoms with Crippen LogP contribution in [0.5, 0.6) is 0 Å². The zero-order valence-corrected chi connectivity index (χ0v) is 21.9. The van der Waals surface area contributed by atoms with Crippen LogP contribution in [0.15, 0.2) is 78.2 Å². The lowest BCUT2D eigenvalue weighted by molar-refractivity contribution is -0.0299. The molecule has 0 saturated carbocycles. The Labute approximate surface area is 233 Å². The summed E-state index contributed by atoms with van der Waals surface area (Å²) in [5.74, 6) is -0.510. The zero-order valence-electron chi connectivity index (χ0n) is 21.9. The summed E-state index contributed by atoms with van der Waals surface area (Å²) < 4.78 is 17.7. The molecule has 4 heterocycles. The van der Waals surface area contributed by atoms with E-state index in [1.807, 2.05) is 18.2 Å². The number of rotatable bonds is 6. The average molecular weight is 553 g/mol. The summed E-state index contributed by atoms with van der Waals surface area (Å²) in [7, 11) is 0. The molecule has 1 fully saturated rings. The van der Waals surface area contributed by atoms with Crippen LogP contribution in [0, 0.1) is 17.1 Å². The largest absolute Gasteiger partial charge is 0.388 e. The van der Waals surface area contributed by atoms with Gasteiger partial charge in [0.25, 0.3) is 11.5 Å². The summed E-state index contributed by atoms with van der Waals surface area (Å²) in [4.78, 5) is 32.4. The van der Waals surface area contributed by atoms with Crippen LogP contribution in [-0.4, -0.2) is 63.7 Å². The monoisotopic (exact) mass is 552 g/mol. The third kappa shape index (κ3) is 5.10. The van der Waals surface area contributed by atoms with Crippen molar-refractivity contribution in [2.45, 2.75) is 31.5 Å². The Bertz CT molecular complexity index is 1830.